The van der Waals surface area contributed by atoms with Crippen LogP contribution in [-0.4, -0.2) is 24.9 Å². The van der Waals surface area contributed by atoms with Crippen molar-refractivity contribution in [3.63, 3.8) is 0 Å². The highest BCUT2D eigenvalue weighted by Gasteiger charge is 2.44. The van der Waals surface area contributed by atoms with Gasteiger partial charge in [-0.1, -0.05) is 41.9 Å². The van der Waals surface area contributed by atoms with Crippen LogP contribution in [-0.2, 0) is 18.9 Å². The molecule has 0 aliphatic heterocycles. The van der Waals surface area contributed by atoms with Crippen molar-refractivity contribution < 1.29 is 4.52 Å². The van der Waals surface area contributed by atoms with Gasteiger partial charge in [-0.3, -0.25) is 4.68 Å². The molecule has 25 heavy (non-hydrogen) atoms. The maximum Gasteiger partial charge on any atom is 0.234 e. The molecule has 2 aromatic heterocycles. The van der Waals surface area contributed by atoms with E-state index in [4.69, 9.17) is 9.51 Å². The summed E-state index contributed by atoms with van der Waals surface area (Å²) in [5.74, 6) is 3.82. The molecule has 6 heteroatoms. The second-order valence-corrected chi connectivity index (χ2v) is 7.27. The molecule has 2 aliphatic rings. The summed E-state index contributed by atoms with van der Waals surface area (Å²) >= 11 is 0. The van der Waals surface area contributed by atoms with E-state index in [1.807, 2.05) is 17.8 Å². The van der Waals surface area contributed by atoms with Crippen LogP contribution in [0.1, 0.15) is 66.9 Å². The van der Waals surface area contributed by atoms with Gasteiger partial charge in [0.2, 0.25) is 5.89 Å². The first kappa shape index (κ1) is 14.8. The molecule has 0 amide bonds. The molecule has 0 N–H and O–H groups in total. The molecule has 0 radical (unpaired) electrons. The Balaban J connectivity index is 1.42. The molecule has 0 unspecified atom stereocenters. The Morgan fingerprint density at radius 2 is 1.96 bits per heavy atom. The van der Waals surface area contributed by atoms with Gasteiger partial charge in [-0.15, -0.1) is 0 Å². The maximum absolute atomic E-state index is 5.57. The van der Waals surface area contributed by atoms with Crippen molar-refractivity contribution in [2.75, 3.05) is 0 Å². The Morgan fingerprint density at radius 3 is 2.64 bits per heavy atom. The summed E-state index contributed by atoms with van der Waals surface area (Å²) in [6, 6.07) is 10.5. The van der Waals surface area contributed by atoms with E-state index in [2.05, 4.69) is 39.5 Å². The SMILES string of the molecule is Cn1nc(C2CC2)nc1Cc1nc(C2(c3ccccc3)CCC2)no1. The molecule has 1 aromatic carbocycles. The zero-order chi connectivity index (χ0) is 16.9. The molecule has 3 aromatic rings. The Labute approximate surface area is 146 Å². The first-order chi connectivity index (χ1) is 12.2. The summed E-state index contributed by atoms with van der Waals surface area (Å²) in [5.41, 5.74) is 1.20. The van der Waals surface area contributed by atoms with E-state index in [0.29, 0.717) is 18.2 Å². The second kappa shape index (κ2) is 5.51. The van der Waals surface area contributed by atoms with Crippen molar-refractivity contribution in [2.24, 2.45) is 7.05 Å². The molecular weight excluding hydrogens is 314 g/mol. The largest absolute Gasteiger partial charge is 0.339 e. The third-order valence-electron chi connectivity index (χ3n) is 5.55. The average molecular weight is 335 g/mol. The molecule has 5 rings (SSSR count). The average Bonchev–Trinajstić information content (AvgIpc) is 3.24. The van der Waals surface area contributed by atoms with Gasteiger partial charge in [-0.25, -0.2) is 4.98 Å². The fraction of sp³-hybridized carbons (Fsp3) is 0.474. The van der Waals surface area contributed by atoms with Crippen molar-refractivity contribution in [2.45, 2.75) is 49.9 Å². The second-order valence-electron chi connectivity index (χ2n) is 7.27. The molecule has 2 fully saturated rings. The van der Waals surface area contributed by atoms with Gasteiger partial charge in [0.15, 0.2) is 11.6 Å². The highest BCUT2D eigenvalue weighted by molar-refractivity contribution is 5.35. The van der Waals surface area contributed by atoms with Crippen LogP contribution in [0.2, 0.25) is 0 Å². The molecule has 2 aliphatic carbocycles. The molecule has 0 saturated heterocycles. The third kappa shape index (κ3) is 2.47. The van der Waals surface area contributed by atoms with Gasteiger partial charge in [0.1, 0.15) is 5.82 Å². The standard InChI is InChI=1S/C19H21N5O/c1-24-15(20-17(22-24)13-8-9-13)12-16-21-18(23-25-16)19(10-5-11-19)14-6-3-2-4-7-14/h2-4,6-7,13H,5,8-12H2,1H3. The van der Waals surface area contributed by atoms with Crippen LogP contribution in [0, 0.1) is 0 Å². The monoisotopic (exact) mass is 335 g/mol. The van der Waals surface area contributed by atoms with E-state index in [1.165, 1.54) is 24.8 Å². The Bertz CT molecular complexity index is 890. The van der Waals surface area contributed by atoms with E-state index < -0.39 is 0 Å². The highest BCUT2D eigenvalue weighted by Crippen LogP contribution is 2.47. The Morgan fingerprint density at radius 1 is 1.16 bits per heavy atom. The topological polar surface area (TPSA) is 69.6 Å². The normalized spacial score (nSPS) is 18.9. The summed E-state index contributed by atoms with van der Waals surface area (Å²) in [4.78, 5) is 9.38. The molecule has 0 atom stereocenters. The number of nitrogens with zero attached hydrogens (tertiary/aromatic N) is 5. The minimum Gasteiger partial charge on any atom is -0.339 e. The van der Waals surface area contributed by atoms with Gasteiger partial charge in [0.25, 0.3) is 0 Å². The summed E-state index contributed by atoms with van der Waals surface area (Å²) in [5, 5.41) is 8.84. The quantitative estimate of drug-likeness (QED) is 0.716. The summed E-state index contributed by atoms with van der Waals surface area (Å²) in [7, 11) is 1.93. The zero-order valence-electron chi connectivity index (χ0n) is 14.4. The lowest BCUT2D eigenvalue weighted by Crippen LogP contribution is -2.36. The van der Waals surface area contributed by atoms with Gasteiger partial charge >= 0.3 is 0 Å². The number of aromatic nitrogens is 5. The molecule has 2 heterocycles. The Kier molecular flexibility index (Phi) is 3.26. The number of benzene rings is 1. The van der Waals surface area contributed by atoms with Crippen molar-refractivity contribution >= 4 is 0 Å². The number of hydrogen-bond donors (Lipinski definition) is 0. The van der Waals surface area contributed by atoms with E-state index in [-0.39, 0.29) is 5.41 Å². The lowest BCUT2D eigenvalue weighted by atomic mass is 9.64. The van der Waals surface area contributed by atoms with E-state index in [0.717, 1.165) is 30.3 Å². The van der Waals surface area contributed by atoms with Gasteiger partial charge < -0.3 is 4.52 Å². The minimum absolute atomic E-state index is 0.0813. The van der Waals surface area contributed by atoms with E-state index in [9.17, 15) is 0 Å². The smallest absolute Gasteiger partial charge is 0.234 e. The maximum atomic E-state index is 5.57. The van der Waals surface area contributed by atoms with Gasteiger partial charge in [-0.05, 0) is 31.2 Å². The molecular formula is C19H21N5O. The van der Waals surface area contributed by atoms with Crippen molar-refractivity contribution in [1.82, 2.24) is 24.9 Å². The van der Waals surface area contributed by atoms with Crippen LogP contribution < -0.4 is 0 Å². The predicted molar refractivity (Wildman–Crippen MR) is 91.2 cm³/mol. The predicted octanol–water partition coefficient (Wildman–Crippen LogP) is 3.14. The lowest BCUT2D eigenvalue weighted by molar-refractivity contribution is 0.271. The minimum atomic E-state index is -0.0813. The van der Waals surface area contributed by atoms with Crippen molar-refractivity contribution in [1.29, 1.82) is 0 Å². The number of hydrogen-bond acceptors (Lipinski definition) is 5. The van der Waals surface area contributed by atoms with Crippen LogP contribution in [0.5, 0.6) is 0 Å². The molecule has 128 valence electrons. The summed E-state index contributed by atoms with van der Waals surface area (Å²) in [6.45, 7) is 0. The summed E-state index contributed by atoms with van der Waals surface area (Å²) in [6.07, 6.45) is 6.29. The number of rotatable bonds is 5. The summed E-state index contributed by atoms with van der Waals surface area (Å²) < 4.78 is 7.41. The van der Waals surface area contributed by atoms with Crippen molar-refractivity contribution in [3.05, 3.63) is 59.3 Å². The van der Waals surface area contributed by atoms with Gasteiger partial charge in [0.05, 0.1) is 11.8 Å². The van der Waals surface area contributed by atoms with Gasteiger partial charge in [0, 0.05) is 13.0 Å². The Hall–Kier alpha value is -2.50. The lowest BCUT2D eigenvalue weighted by Gasteiger charge is -2.39. The van der Waals surface area contributed by atoms with Crippen LogP contribution >= 0.6 is 0 Å². The van der Waals surface area contributed by atoms with E-state index in [1.54, 1.807) is 0 Å². The van der Waals surface area contributed by atoms with Gasteiger partial charge in [-0.2, -0.15) is 10.1 Å². The zero-order valence-corrected chi connectivity index (χ0v) is 14.4. The number of aryl methyl sites for hydroxylation is 1. The van der Waals surface area contributed by atoms with E-state index >= 15 is 0 Å². The first-order valence-corrected chi connectivity index (χ1v) is 9.03. The van der Waals surface area contributed by atoms with Crippen LogP contribution in [0.3, 0.4) is 0 Å². The van der Waals surface area contributed by atoms with Crippen LogP contribution in [0.25, 0.3) is 0 Å². The fourth-order valence-corrected chi connectivity index (χ4v) is 3.69. The van der Waals surface area contributed by atoms with Crippen LogP contribution in [0.15, 0.2) is 34.9 Å². The molecule has 0 spiro atoms. The molecule has 0 bridgehead atoms. The fourth-order valence-electron chi connectivity index (χ4n) is 3.69. The van der Waals surface area contributed by atoms with Crippen molar-refractivity contribution in [3.8, 4) is 0 Å². The highest BCUT2D eigenvalue weighted by atomic mass is 16.5. The third-order valence-corrected chi connectivity index (χ3v) is 5.55. The molecule has 6 nitrogen and oxygen atoms in total. The molecule has 2 saturated carbocycles. The van der Waals surface area contributed by atoms with Crippen LogP contribution in [0.4, 0.5) is 0 Å². The first-order valence-electron chi connectivity index (χ1n) is 9.03.